The van der Waals surface area contributed by atoms with Crippen molar-refractivity contribution in [2.75, 3.05) is 0 Å². The lowest BCUT2D eigenvalue weighted by Crippen LogP contribution is -2.00. The van der Waals surface area contributed by atoms with Crippen molar-refractivity contribution >= 4 is 17.3 Å². The van der Waals surface area contributed by atoms with Gasteiger partial charge in [-0.3, -0.25) is 4.68 Å². The molecule has 2 aromatic heterocycles. The van der Waals surface area contributed by atoms with E-state index >= 15 is 0 Å². The van der Waals surface area contributed by atoms with Gasteiger partial charge in [0.15, 0.2) is 0 Å². The van der Waals surface area contributed by atoms with E-state index in [9.17, 15) is 0 Å². The van der Waals surface area contributed by atoms with E-state index < -0.39 is 0 Å². The molecule has 0 saturated heterocycles. The van der Waals surface area contributed by atoms with Crippen molar-refractivity contribution in [3.63, 3.8) is 0 Å². The molecule has 0 spiro atoms. The van der Waals surface area contributed by atoms with Crippen LogP contribution in [-0.4, -0.2) is 19.4 Å². The third-order valence-electron chi connectivity index (χ3n) is 2.40. The zero-order chi connectivity index (χ0) is 12.4. The number of hydrogen-bond acceptors (Lipinski definition) is 5. The van der Waals surface area contributed by atoms with E-state index in [4.69, 9.17) is 4.74 Å². The van der Waals surface area contributed by atoms with Crippen LogP contribution in [-0.2, 0) is 18.4 Å². The number of ether oxygens (including phenoxy) is 1. The van der Waals surface area contributed by atoms with Crippen LogP contribution in [0.3, 0.4) is 0 Å². The molecule has 90 valence electrons. The monoisotopic (exact) mass is 250 g/mol. The molecule has 0 amide bonds. The molecule has 6 heteroatoms. The van der Waals surface area contributed by atoms with Gasteiger partial charge in [0, 0.05) is 7.05 Å². The Morgan fingerprint density at radius 3 is 2.82 bits per heavy atom. The lowest BCUT2D eigenvalue weighted by Gasteiger charge is -2.07. The zero-order valence-electron chi connectivity index (χ0n) is 10.1. The van der Waals surface area contributed by atoms with Gasteiger partial charge in [0.25, 0.3) is 0 Å². The Morgan fingerprint density at radius 2 is 2.29 bits per heavy atom. The molecule has 0 aliphatic carbocycles. The van der Waals surface area contributed by atoms with E-state index in [1.807, 2.05) is 27.0 Å². The molecule has 0 aliphatic heterocycles. The highest BCUT2D eigenvalue weighted by atomic mass is 32.1. The molecule has 2 aromatic rings. The lowest BCUT2D eigenvalue weighted by atomic mass is 10.3. The molecule has 2 heterocycles. The zero-order valence-corrected chi connectivity index (χ0v) is 10.9. The molecular weight excluding hydrogens is 236 g/mol. The van der Waals surface area contributed by atoms with Gasteiger partial charge < -0.3 is 4.74 Å². The summed E-state index contributed by atoms with van der Waals surface area (Å²) in [6.07, 6.45) is 0. The van der Waals surface area contributed by atoms with Crippen molar-refractivity contribution < 1.29 is 4.74 Å². The maximum Gasteiger partial charge on any atom is 0.133 e. The fraction of sp³-hybridized carbons (Fsp3) is 0.364. The van der Waals surface area contributed by atoms with Gasteiger partial charge >= 0.3 is 0 Å². The largest absolute Gasteiger partial charge is 0.486 e. The second-order valence-electron chi connectivity index (χ2n) is 3.80. The Bertz CT molecular complexity index is 543. The van der Waals surface area contributed by atoms with Gasteiger partial charge in [-0.1, -0.05) is 11.1 Å². The minimum Gasteiger partial charge on any atom is -0.486 e. The van der Waals surface area contributed by atoms with E-state index in [-0.39, 0.29) is 0 Å². The summed E-state index contributed by atoms with van der Waals surface area (Å²) in [7, 11) is 1.90. The number of hydrogen-bond donors (Lipinski definition) is 0. The van der Waals surface area contributed by atoms with Crippen molar-refractivity contribution in [1.82, 2.24) is 19.4 Å². The molecule has 5 nitrogen and oxygen atoms in total. The van der Waals surface area contributed by atoms with Crippen LogP contribution >= 0.6 is 11.5 Å². The molecule has 0 aromatic carbocycles. The molecule has 0 unspecified atom stereocenters. The summed E-state index contributed by atoms with van der Waals surface area (Å²) in [5.74, 6) is 0.608. The predicted molar refractivity (Wildman–Crippen MR) is 66.4 cm³/mol. The van der Waals surface area contributed by atoms with Gasteiger partial charge in [-0.05, 0) is 31.4 Å². The first-order valence-corrected chi connectivity index (χ1v) is 5.96. The van der Waals surface area contributed by atoms with Crippen molar-refractivity contribution in [3.05, 3.63) is 34.6 Å². The smallest absolute Gasteiger partial charge is 0.133 e. The minimum atomic E-state index is 0.452. The van der Waals surface area contributed by atoms with E-state index in [1.54, 1.807) is 4.68 Å². The topological polar surface area (TPSA) is 52.8 Å². The highest BCUT2D eigenvalue weighted by Crippen LogP contribution is 2.21. The van der Waals surface area contributed by atoms with E-state index in [0.29, 0.717) is 12.4 Å². The molecule has 0 radical (unpaired) electrons. The van der Waals surface area contributed by atoms with E-state index in [0.717, 1.165) is 22.0 Å². The van der Waals surface area contributed by atoms with Crippen LogP contribution < -0.4 is 0 Å². The van der Waals surface area contributed by atoms with Crippen molar-refractivity contribution in [3.8, 4) is 0 Å². The summed E-state index contributed by atoms with van der Waals surface area (Å²) < 4.78 is 11.3. The lowest BCUT2D eigenvalue weighted by molar-refractivity contribution is 0.256. The molecule has 0 fully saturated rings. The van der Waals surface area contributed by atoms with Crippen molar-refractivity contribution in [2.24, 2.45) is 7.05 Å². The molecule has 2 rings (SSSR count). The molecule has 0 atom stereocenters. The Kier molecular flexibility index (Phi) is 3.23. The van der Waals surface area contributed by atoms with Crippen LogP contribution in [0, 0.1) is 13.8 Å². The second-order valence-corrected chi connectivity index (χ2v) is 4.55. The van der Waals surface area contributed by atoms with Gasteiger partial charge in [-0.25, -0.2) is 0 Å². The standard InChI is InChI=1S/C11H14N4OS/c1-7-5-10(15(4)13-7)6-16-9(3)11-8(2)12-14-17-11/h5H,3,6H2,1-2,4H3. The third kappa shape index (κ3) is 2.52. The maximum absolute atomic E-state index is 5.62. The van der Waals surface area contributed by atoms with Gasteiger partial charge in [0.2, 0.25) is 0 Å². The maximum atomic E-state index is 5.62. The average Bonchev–Trinajstić information content (AvgIpc) is 2.81. The average molecular weight is 250 g/mol. The Hall–Kier alpha value is -1.69. The summed E-state index contributed by atoms with van der Waals surface area (Å²) in [4.78, 5) is 0.892. The first-order chi connectivity index (χ1) is 8.08. The number of rotatable bonds is 4. The third-order valence-corrected chi connectivity index (χ3v) is 3.27. The SMILES string of the molecule is C=C(OCc1cc(C)nn1C)c1snnc1C. The first kappa shape index (κ1) is 11.8. The predicted octanol–water partition coefficient (Wildman–Crippen LogP) is 2.08. The summed E-state index contributed by atoms with van der Waals surface area (Å²) in [5, 5.41) is 8.18. The number of aromatic nitrogens is 4. The molecule has 0 N–H and O–H groups in total. The summed E-state index contributed by atoms with van der Waals surface area (Å²) >= 11 is 1.29. The molecule has 17 heavy (non-hydrogen) atoms. The van der Waals surface area contributed by atoms with Gasteiger partial charge in [-0.2, -0.15) is 5.10 Å². The summed E-state index contributed by atoms with van der Waals surface area (Å²) in [5.41, 5.74) is 2.84. The number of aryl methyl sites for hydroxylation is 3. The Labute approximate surface area is 104 Å². The van der Waals surface area contributed by atoms with Gasteiger partial charge in [0.1, 0.15) is 17.2 Å². The Morgan fingerprint density at radius 1 is 1.53 bits per heavy atom. The molecule has 0 aliphatic rings. The van der Waals surface area contributed by atoms with Crippen molar-refractivity contribution in [1.29, 1.82) is 0 Å². The van der Waals surface area contributed by atoms with Crippen LogP contribution in [0.2, 0.25) is 0 Å². The molecule has 0 saturated carbocycles. The van der Waals surface area contributed by atoms with Crippen LogP contribution in [0.1, 0.15) is 22.0 Å². The number of nitrogens with zero attached hydrogens (tertiary/aromatic N) is 4. The fourth-order valence-electron chi connectivity index (χ4n) is 1.51. The normalized spacial score (nSPS) is 10.5. The molecule has 0 bridgehead atoms. The van der Waals surface area contributed by atoms with E-state index in [2.05, 4.69) is 21.3 Å². The highest BCUT2D eigenvalue weighted by Gasteiger charge is 2.10. The Balaban J connectivity index is 2.02. The quantitative estimate of drug-likeness (QED) is 0.780. The van der Waals surface area contributed by atoms with Crippen LogP contribution in [0.25, 0.3) is 5.76 Å². The van der Waals surface area contributed by atoms with Crippen molar-refractivity contribution in [2.45, 2.75) is 20.5 Å². The van der Waals surface area contributed by atoms with Gasteiger partial charge in [-0.15, -0.1) is 5.10 Å². The van der Waals surface area contributed by atoms with Crippen LogP contribution in [0.15, 0.2) is 12.6 Å². The van der Waals surface area contributed by atoms with Crippen LogP contribution in [0.5, 0.6) is 0 Å². The van der Waals surface area contributed by atoms with E-state index in [1.165, 1.54) is 11.5 Å². The first-order valence-electron chi connectivity index (χ1n) is 5.18. The fourth-order valence-corrected chi connectivity index (χ4v) is 2.09. The molecular formula is C11H14N4OS. The second kappa shape index (κ2) is 4.67. The summed E-state index contributed by atoms with van der Waals surface area (Å²) in [6.45, 7) is 8.18. The van der Waals surface area contributed by atoms with Gasteiger partial charge in [0.05, 0.1) is 17.1 Å². The minimum absolute atomic E-state index is 0.452. The highest BCUT2D eigenvalue weighted by molar-refractivity contribution is 7.06. The van der Waals surface area contributed by atoms with Crippen LogP contribution in [0.4, 0.5) is 0 Å². The summed E-state index contributed by atoms with van der Waals surface area (Å²) in [6, 6.07) is 1.99.